The molecular formula is C13H16N4O3. The van der Waals surface area contributed by atoms with Crippen LogP contribution in [0.25, 0.3) is 10.9 Å². The van der Waals surface area contributed by atoms with E-state index in [1.807, 2.05) is 18.2 Å². The summed E-state index contributed by atoms with van der Waals surface area (Å²) in [5.74, 6) is -0.653. The SMILES string of the molecule is COCCNC(=O)CNC(=O)c1n[nH]c2ccccc12. The number of amides is 2. The minimum absolute atomic E-state index is 0.0935. The van der Waals surface area contributed by atoms with Crippen LogP contribution in [0.5, 0.6) is 0 Å². The smallest absolute Gasteiger partial charge is 0.272 e. The van der Waals surface area contributed by atoms with E-state index in [1.165, 1.54) is 0 Å². The quantitative estimate of drug-likeness (QED) is 0.650. The molecule has 0 spiro atoms. The first-order valence-electron chi connectivity index (χ1n) is 6.19. The maximum Gasteiger partial charge on any atom is 0.272 e. The molecule has 0 unspecified atom stereocenters. The molecule has 0 radical (unpaired) electrons. The average Bonchev–Trinajstić information content (AvgIpc) is 2.89. The molecule has 0 atom stereocenters. The fourth-order valence-corrected chi connectivity index (χ4v) is 1.74. The van der Waals surface area contributed by atoms with Gasteiger partial charge in [-0.2, -0.15) is 5.10 Å². The third-order valence-electron chi connectivity index (χ3n) is 2.72. The number of hydrogen-bond acceptors (Lipinski definition) is 4. The standard InChI is InChI=1S/C13H16N4O3/c1-20-7-6-14-11(18)8-15-13(19)12-9-4-2-3-5-10(9)16-17-12/h2-5H,6-8H2,1H3,(H,14,18)(H,15,19)(H,16,17). The van der Waals surface area contributed by atoms with Crippen molar-refractivity contribution in [2.24, 2.45) is 0 Å². The minimum atomic E-state index is -0.385. The molecule has 1 aromatic heterocycles. The van der Waals surface area contributed by atoms with Crippen LogP contribution in [0.4, 0.5) is 0 Å². The number of methoxy groups -OCH3 is 1. The molecular weight excluding hydrogens is 260 g/mol. The van der Waals surface area contributed by atoms with Gasteiger partial charge in [0.1, 0.15) is 0 Å². The van der Waals surface area contributed by atoms with Crippen molar-refractivity contribution in [3.8, 4) is 0 Å². The first-order chi connectivity index (χ1) is 9.72. The summed E-state index contributed by atoms with van der Waals surface area (Å²) in [6, 6.07) is 7.31. The molecule has 1 aromatic carbocycles. The van der Waals surface area contributed by atoms with Gasteiger partial charge in [-0.15, -0.1) is 0 Å². The number of nitrogens with one attached hydrogen (secondary N) is 3. The Bertz CT molecular complexity index is 608. The molecule has 7 nitrogen and oxygen atoms in total. The molecule has 0 fully saturated rings. The Morgan fingerprint density at radius 3 is 2.90 bits per heavy atom. The van der Waals surface area contributed by atoms with Crippen molar-refractivity contribution in [2.45, 2.75) is 0 Å². The van der Waals surface area contributed by atoms with Gasteiger partial charge in [-0.05, 0) is 6.07 Å². The van der Waals surface area contributed by atoms with Crippen LogP contribution in [0.2, 0.25) is 0 Å². The van der Waals surface area contributed by atoms with Crippen LogP contribution in [0.3, 0.4) is 0 Å². The van der Waals surface area contributed by atoms with Gasteiger partial charge in [0.25, 0.3) is 5.91 Å². The van der Waals surface area contributed by atoms with Crippen LogP contribution < -0.4 is 10.6 Å². The Morgan fingerprint density at radius 2 is 2.10 bits per heavy atom. The van der Waals surface area contributed by atoms with Gasteiger partial charge < -0.3 is 15.4 Å². The van der Waals surface area contributed by atoms with Gasteiger partial charge in [0.2, 0.25) is 5.91 Å². The minimum Gasteiger partial charge on any atom is -0.383 e. The number of aromatic nitrogens is 2. The molecule has 0 bridgehead atoms. The van der Waals surface area contributed by atoms with Gasteiger partial charge in [0.05, 0.1) is 18.7 Å². The number of hydrogen-bond donors (Lipinski definition) is 3. The number of benzene rings is 1. The first-order valence-corrected chi connectivity index (χ1v) is 6.19. The lowest BCUT2D eigenvalue weighted by Crippen LogP contribution is -2.38. The zero-order chi connectivity index (χ0) is 14.4. The molecule has 1 heterocycles. The van der Waals surface area contributed by atoms with Gasteiger partial charge >= 0.3 is 0 Å². The van der Waals surface area contributed by atoms with Crippen LogP contribution in [0.15, 0.2) is 24.3 Å². The van der Waals surface area contributed by atoms with E-state index >= 15 is 0 Å². The lowest BCUT2D eigenvalue weighted by molar-refractivity contribution is -0.120. The fraction of sp³-hybridized carbons (Fsp3) is 0.308. The molecule has 0 aliphatic carbocycles. The Hall–Kier alpha value is -2.41. The van der Waals surface area contributed by atoms with Crippen LogP contribution in [-0.2, 0) is 9.53 Å². The second kappa shape index (κ2) is 6.67. The molecule has 20 heavy (non-hydrogen) atoms. The molecule has 0 aliphatic heterocycles. The average molecular weight is 276 g/mol. The maximum absolute atomic E-state index is 12.0. The molecule has 0 saturated carbocycles. The van der Waals surface area contributed by atoms with Crippen molar-refractivity contribution < 1.29 is 14.3 Å². The Balaban J connectivity index is 1.90. The first kappa shape index (κ1) is 14.0. The van der Waals surface area contributed by atoms with Gasteiger partial charge in [-0.25, -0.2) is 0 Å². The lowest BCUT2D eigenvalue weighted by Gasteiger charge is -2.05. The van der Waals surface area contributed by atoms with E-state index in [0.717, 1.165) is 10.9 Å². The van der Waals surface area contributed by atoms with Crippen molar-refractivity contribution in [3.63, 3.8) is 0 Å². The summed E-state index contributed by atoms with van der Waals surface area (Å²) < 4.78 is 4.81. The van der Waals surface area contributed by atoms with E-state index in [4.69, 9.17) is 4.74 Å². The van der Waals surface area contributed by atoms with Crippen molar-refractivity contribution in [1.29, 1.82) is 0 Å². The second-order valence-electron chi connectivity index (χ2n) is 4.14. The highest BCUT2D eigenvalue weighted by Gasteiger charge is 2.14. The monoisotopic (exact) mass is 276 g/mol. The summed E-state index contributed by atoms with van der Waals surface area (Å²) in [5, 5.41) is 12.6. The van der Waals surface area contributed by atoms with E-state index in [9.17, 15) is 9.59 Å². The second-order valence-corrected chi connectivity index (χ2v) is 4.14. The number of carbonyl (C=O) groups excluding carboxylic acids is 2. The van der Waals surface area contributed by atoms with Crippen LogP contribution in [0.1, 0.15) is 10.5 Å². The summed E-state index contributed by atoms with van der Waals surface area (Å²) >= 11 is 0. The number of carbonyl (C=O) groups is 2. The fourth-order valence-electron chi connectivity index (χ4n) is 1.74. The van der Waals surface area contributed by atoms with Crippen LogP contribution in [0, 0.1) is 0 Å². The van der Waals surface area contributed by atoms with Crippen molar-refractivity contribution in [3.05, 3.63) is 30.0 Å². The highest BCUT2D eigenvalue weighted by Crippen LogP contribution is 2.14. The molecule has 0 saturated heterocycles. The summed E-state index contributed by atoms with van der Waals surface area (Å²) in [4.78, 5) is 23.4. The van der Waals surface area contributed by atoms with E-state index in [-0.39, 0.29) is 24.1 Å². The largest absolute Gasteiger partial charge is 0.383 e. The lowest BCUT2D eigenvalue weighted by atomic mass is 10.2. The zero-order valence-corrected chi connectivity index (χ0v) is 11.1. The van der Waals surface area contributed by atoms with Gasteiger partial charge in [0, 0.05) is 19.0 Å². The summed E-state index contributed by atoms with van der Waals surface area (Å²) in [6.07, 6.45) is 0. The van der Waals surface area contributed by atoms with Crippen molar-refractivity contribution in [1.82, 2.24) is 20.8 Å². The predicted molar refractivity (Wildman–Crippen MR) is 73.3 cm³/mol. The Morgan fingerprint density at radius 1 is 1.30 bits per heavy atom. The number of ether oxygens (including phenoxy) is 1. The van der Waals surface area contributed by atoms with E-state index < -0.39 is 0 Å². The normalized spacial score (nSPS) is 10.4. The van der Waals surface area contributed by atoms with E-state index in [0.29, 0.717) is 13.2 Å². The topological polar surface area (TPSA) is 96.1 Å². The maximum atomic E-state index is 12.0. The van der Waals surface area contributed by atoms with Crippen LogP contribution >= 0.6 is 0 Å². The van der Waals surface area contributed by atoms with Gasteiger partial charge in [-0.3, -0.25) is 14.7 Å². The number of nitrogens with zero attached hydrogens (tertiary/aromatic N) is 1. The van der Waals surface area contributed by atoms with Crippen molar-refractivity contribution >= 4 is 22.7 Å². The number of H-pyrrole nitrogens is 1. The van der Waals surface area contributed by atoms with Gasteiger partial charge in [-0.1, -0.05) is 18.2 Å². The Labute approximate surface area is 115 Å². The third kappa shape index (κ3) is 3.33. The molecule has 106 valence electrons. The predicted octanol–water partition coefficient (Wildman–Crippen LogP) is 0.0553. The molecule has 2 amide bonds. The summed E-state index contributed by atoms with van der Waals surface area (Å²) in [5.41, 5.74) is 1.06. The third-order valence-corrected chi connectivity index (χ3v) is 2.72. The molecule has 0 aliphatic rings. The van der Waals surface area contributed by atoms with Crippen LogP contribution in [-0.4, -0.2) is 48.8 Å². The number of para-hydroxylation sites is 1. The number of fused-ring (bicyclic) bond motifs is 1. The highest BCUT2D eigenvalue weighted by atomic mass is 16.5. The van der Waals surface area contributed by atoms with E-state index in [1.54, 1.807) is 13.2 Å². The number of rotatable bonds is 6. The highest BCUT2D eigenvalue weighted by molar-refractivity contribution is 6.05. The molecule has 2 rings (SSSR count). The Kier molecular flexibility index (Phi) is 4.67. The summed E-state index contributed by atoms with van der Waals surface area (Å²) in [6.45, 7) is 0.754. The zero-order valence-electron chi connectivity index (χ0n) is 11.1. The summed E-state index contributed by atoms with van der Waals surface area (Å²) in [7, 11) is 1.55. The van der Waals surface area contributed by atoms with E-state index in [2.05, 4.69) is 20.8 Å². The van der Waals surface area contributed by atoms with Crippen molar-refractivity contribution in [2.75, 3.05) is 26.8 Å². The molecule has 7 heteroatoms. The molecule has 2 aromatic rings. The van der Waals surface area contributed by atoms with Gasteiger partial charge in [0.15, 0.2) is 5.69 Å². The molecule has 3 N–H and O–H groups in total. The number of aromatic amines is 1.